The number of fused-ring (bicyclic) bond motifs is 1. The van der Waals surface area contributed by atoms with E-state index in [-0.39, 0.29) is 0 Å². The van der Waals surface area contributed by atoms with E-state index in [1.165, 1.54) is 19.2 Å². The molecule has 2 atom stereocenters. The van der Waals surface area contributed by atoms with Gasteiger partial charge in [0.05, 0.1) is 0 Å². The first-order chi connectivity index (χ1) is 9.08. The number of hydrogen-bond donors (Lipinski definition) is 0. The lowest BCUT2D eigenvalue weighted by atomic mass is 9.95. The zero-order chi connectivity index (χ0) is 13.6. The molecule has 1 fully saturated rings. The molecule has 3 heterocycles. The molecule has 2 aromatic heterocycles. The Bertz CT molecular complexity index is 608. The summed E-state index contributed by atoms with van der Waals surface area (Å²) in [6.45, 7) is 7.56. The largest absolute Gasteiger partial charge is 0.353 e. The first-order valence-electron chi connectivity index (χ1n) is 6.70. The first kappa shape index (κ1) is 12.7. The maximum atomic E-state index is 6.23. The molecule has 6 heteroatoms. The summed E-state index contributed by atoms with van der Waals surface area (Å²) in [5.41, 5.74) is 0.973. The molecule has 3 rings (SSSR count). The van der Waals surface area contributed by atoms with Crippen LogP contribution in [0.3, 0.4) is 0 Å². The van der Waals surface area contributed by atoms with E-state index in [0.29, 0.717) is 22.9 Å². The molecule has 0 N–H and O–H groups in total. The quantitative estimate of drug-likeness (QED) is 0.753. The van der Waals surface area contributed by atoms with Crippen LogP contribution in [0.4, 0.5) is 5.82 Å². The standard InChI is InChI=1S/C13H18ClN5/c1-8-4-5-9(2)18(6-8)12-10(3)11(14)17-13-15-7-16-19(12)13/h7-9H,4-6H2,1-3H3. The van der Waals surface area contributed by atoms with Crippen LogP contribution in [0, 0.1) is 12.8 Å². The highest BCUT2D eigenvalue weighted by atomic mass is 35.5. The van der Waals surface area contributed by atoms with E-state index in [0.717, 1.165) is 17.9 Å². The lowest BCUT2D eigenvalue weighted by Gasteiger charge is -2.39. The van der Waals surface area contributed by atoms with Crippen LogP contribution in [-0.4, -0.2) is 32.2 Å². The summed E-state index contributed by atoms with van der Waals surface area (Å²) in [7, 11) is 0. The first-order valence-corrected chi connectivity index (χ1v) is 7.08. The van der Waals surface area contributed by atoms with Crippen molar-refractivity contribution in [2.75, 3.05) is 11.4 Å². The van der Waals surface area contributed by atoms with Gasteiger partial charge in [0.25, 0.3) is 5.78 Å². The van der Waals surface area contributed by atoms with Gasteiger partial charge in [-0.1, -0.05) is 18.5 Å². The SMILES string of the molecule is Cc1c(Cl)nc2ncnn2c1N1CC(C)CCC1C. The van der Waals surface area contributed by atoms with Crippen LogP contribution in [0.15, 0.2) is 6.33 Å². The van der Waals surface area contributed by atoms with Crippen molar-refractivity contribution in [1.82, 2.24) is 19.6 Å². The van der Waals surface area contributed by atoms with Gasteiger partial charge in [-0.15, -0.1) is 0 Å². The second kappa shape index (κ2) is 4.63. The van der Waals surface area contributed by atoms with Crippen LogP contribution in [0.2, 0.25) is 5.15 Å². The summed E-state index contributed by atoms with van der Waals surface area (Å²) in [6.07, 6.45) is 3.99. The molecule has 1 aliphatic rings. The van der Waals surface area contributed by atoms with Crippen LogP contribution in [0.5, 0.6) is 0 Å². The summed E-state index contributed by atoms with van der Waals surface area (Å²) in [5, 5.41) is 4.81. The minimum atomic E-state index is 0.487. The highest BCUT2D eigenvalue weighted by Gasteiger charge is 2.27. The normalized spacial score (nSPS) is 24.1. The molecule has 0 radical (unpaired) electrons. The number of halogens is 1. The summed E-state index contributed by atoms with van der Waals surface area (Å²) < 4.78 is 1.80. The Balaban J connectivity index is 2.17. The van der Waals surface area contributed by atoms with Gasteiger partial charge in [0.2, 0.25) is 0 Å². The second-order valence-corrected chi connectivity index (χ2v) is 5.86. The van der Waals surface area contributed by atoms with Gasteiger partial charge >= 0.3 is 0 Å². The topological polar surface area (TPSA) is 46.3 Å². The Morgan fingerprint density at radius 1 is 1.32 bits per heavy atom. The van der Waals surface area contributed by atoms with E-state index in [9.17, 15) is 0 Å². The van der Waals surface area contributed by atoms with Crippen molar-refractivity contribution in [3.05, 3.63) is 17.0 Å². The number of piperidine rings is 1. The van der Waals surface area contributed by atoms with E-state index in [1.54, 1.807) is 4.52 Å². The van der Waals surface area contributed by atoms with Gasteiger partial charge in [0.1, 0.15) is 17.3 Å². The molecule has 0 saturated carbocycles. The molecular formula is C13H18ClN5. The Morgan fingerprint density at radius 2 is 2.11 bits per heavy atom. The van der Waals surface area contributed by atoms with Gasteiger partial charge in [0.15, 0.2) is 0 Å². The predicted molar refractivity (Wildman–Crippen MR) is 75.7 cm³/mol. The molecule has 0 spiro atoms. The van der Waals surface area contributed by atoms with Crippen LogP contribution >= 0.6 is 11.6 Å². The van der Waals surface area contributed by atoms with Gasteiger partial charge in [-0.05, 0) is 32.6 Å². The zero-order valence-corrected chi connectivity index (χ0v) is 12.2. The summed E-state index contributed by atoms with van der Waals surface area (Å²) >= 11 is 6.23. The highest BCUT2D eigenvalue weighted by Crippen LogP contribution is 2.32. The number of aromatic nitrogens is 4. The summed E-state index contributed by atoms with van der Waals surface area (Å²) in [4.78, 5) is 10.8. The maximum Gasteiger partial charge on any atom is 0.255 e. The van der Waals surface area contributed by atoms with E-state index in [1.807, 2.05) is 6.92 Å². The van der Waals surface area contributed by atoms with E-state index in [4.69, 9.17) is 11.6 Å². The third-order valence-corrected chi connectivity index (χ3v) is 4.33. The van der Waals surface area contributed by atoms with Crippen LogP contribution in [0.25, 0.3) is 5.78 Å². The molecular weight excluding hydrogens is 262 g/mol. The Labute approximate surface area is 117 Å². The van der Waals surface area contributed by atoms with E-state index < -0.39 is 0 Å². The number of nitrogens with zero attached hydrogens (tertiary/aromatic N) is 5. The van der Waals surface area contributed by atoms with Gasteiger partial charge in [0, 0.05) is 18.2 Å². The third kappa shape index (κ3) is 2.06. The molecule has 19 heavy (non-hydrogen) atoms. The Kier molecular flexibility index (Phi) is 3.09. The molecule has 0 bridgehead atoms. The molecule has 1 saturated heterocycles. The lowest BCUT2D eigenvalue weighted by Crippen LogP contribution is -2.42. The Morgan fingerprint density at radius 3 is 2.89 bits per heavy atom. The van der Waals surface area contributed by atoms with Gasteiger partial charge in [-0.2, -0.15) is 19.6 Å². The van der Waals surface area contributed by atoms with Crippen molar-refractivity contribution in [2.24, 2.45) is 5.92 Å². The lowest BCUT2D eigenvalue weighted by molar-refractivity contribution is 0.386. The molecule has 0 amide bonds. The minimum Gasteiger partial charge on any atom is -0.353 e. The fourth-order valence-electron chi connectivity index (χ4n) is 2.80. The van der Waals surface area contributed by atoms with E-state index in [2.05, 4.69) is 33.8 Å². The van der Waals surface area contributed by atoms with Gasteiger partial charge in [-0.25, -0.2) is 0 Å². The van der Waals surface area contributed by atoms with Crippen molar-refractivity contribution >= 4 is 23.2 Å². The zero-order valence-electron chi connectivity index (χ0n) is 11.5. The van der Waals surface area contributed by atoms with Crippen molar-refractivity contribution in [3.8, 4) is 0 Å². The van der Waals surface area contributed by atoms with Crippen molar-refractivity contribution in [3.63, 3.8) is 0 Å². The van der Waals surface area contributed by atoms with Gasteiger partial charge in [-0.3, -0.25) is 0 Å². The van der Waals surface area contributed by atoms with E-state index >= 15 is 0 Å². The van der Waals surface area contributed by atoms with Crippen LogP contribution in [-0.2, 0) is 0 Å². The minimum absolute atomic E-state index is 0.487. The number of anilines is 1. The van der Waals surface area contributed by atoms with Crippen LogP contribution < -0.4 is 4.90 Å². The fraction of sp³-hybridized carbons (Fsp3) is 0.615. The average Bonchev–Trinajstić information content (AvgIpc) is 2.82. The highest BCUT2D eigenvalue weighted by molar-refractivity contribution is 6.30. The molecule has 2 unspecified atom stereocenters. The molecule has 102 valence electrons. The summed E-state index contributed by atoms with van der Waals surface area (Å²) in [5.74, 6) is 2.28. The van der Waals surface area contributed by atoms with Crippen molar-refractivity contribution in [2.45, 2.75) is 39.7 Å². The molecule has 1 aliphatic heterocycles. The maximum absolute atomic E-state index is 6.23. The third-order valence-electron chi connectivity index (χ3n) is 3.96. The monoisotopic (exact) mass is 279 g/mol. The smallest absolute Gasteiger partial charge is 0.255 e. The van der Waals surface area contributed by atoms with Crippen LogP contribution in [0.1, 0.15) is 32.3 Å². The molecule has 0 aliphatic carbocycles. The number of hydrogen-bond acceptors (Lipinski definition) is 4. The molecule has 0 aromatic carbocycles. The fourth-order valence-corrected chi connectivity index (χ4v) is 2.96. The van der Waals surface area contributed by atoms with Gasteiger partial charge < -0.3 is 4.90 Å². The predicted octanol–water partition coefficient (Wildman–Crippen LogP) is 2.71. The average molecular weight is 280 g/mol. The Hall–Kier alpha value is -1.36. The number of rotatable bonds is 1. The summed E-state index contributed by atoms with van der Waals surface area (Å²) in [6, 6.07) is 0.487. The second-order valence-electron chi connectivity index (χ2n) is 5.51. The van der Waals surface area contributed by atoms with Crippen molar-refractivity contribution in [1.29, 1.82) is 0 Å². The molecule has 2 aromatic rings. The molecule has 5 nitrogen and oxygen atoms in total. The van der Waals surface area contributed by atoms with Crippen molar-refractivity contribution < 1.29 is 0 Å².